The summed E-state index contributed by atoms with van der Waals surface area (Å²) in [6, 6.07) is 5.91. The van der Waals surface area contributed by atoms with Crippen LogP contribution in [0.4, 0.5) is 0 Å². The molecule has 0 fully saturated rings. The third-order valence-corrected chi connectivity index (χ3v) is 3.06. The van der Waals surface area contributed by atoms with Gasteiger partial charge in [0.2, 0.25) is 5.91 Å². The number of amides is 1. The summed E-state index contributed by atoms with van der Waals surface area (Å²) in [6.07, 6.45) is 3.34. The van der Waals surface area contributed by atoms with Crippen LogP contribution >= 0.6 is 22.6 Å². The number of carbonyl (C=O) groups excluding carboxylic acids is 1. The first-order chi connectivity index (χ1) is 6.65. The summed E-state index contributed by atoms with van der Waals surface area (Å²) >= 11 is 2.13. The Morgan fingerprint density at radius 2 is 2.21 bits per heavy atom. The minimum atomic E-state index is -0.340. The Hall–Kier alpha value is -0.580. The van der Waals surface area contributed by atoms with Crippen LogP contribution < -0.4 is 5.73 Å². The summed E-state index contributed by atoms with van der Waals surface area (Å²) in [6.45, 7) is 2.15. The fourth-order valence-corrected chi connectivity index (χ4v) is 1.90. The first-order valence-electron chi connectivity index (χ1n) is 4.73. The molecule has 0 saturated heterocycles. The van der Waals surface area contributed by atoms with Crippen molar-refractivity contribution in [3.05, 3.63) is 32.9 Å². The lowest BCUT2D eigenvalue weighted by Crippen LogP contribution is -2.13. The van der Waals surface area contributed by atoms with Gasteiger partial charge in [-0.05, 0) is 53.1 Å². The standard InChI is InChI=1S/C11H14INO/c1-2-3-4-8-5-6-10(12)9(7-8)11(13)14/h5-7H,2-4H2,1H3,(H2,13,14). The van der Waals surface area contributed by atoms with Crippen LogP contribution in [-0.4, -0.2) is 5.91 Å². The summed E-state index contributed by atoms with van der Waals surface area (Å²) in [5.41, 5.74) is 7.10. The number of halogens is 1. The lowest BCUT2D eigenvalue weighted by molar-refractivity contribution is 0.0999. The van der Waals surface area contributed by atoms with E-state index in [9.17, 15) is 4.79 Å². The van der Waals surface area contributed by atoms with Crippen molar-refractivity contribution in [2.24, 2.45) is 5.73 Å². The molecule has 2 nitrogen and oxygen atoms in total. The molecule has 0 atom stereocenters. The second-order valence-electron chi connectivity index (χ2n) is 3.28. The van der Waals surface area contributed by atoms with Crippen LogP contribution in [-0.2, 0) is 6.42 Å². The van der Waals surface area contributed by atoms with E-state index >= 15 is 0 Å². The molecule has 14 heavy (non-hydrogen) atoms. The predicted molar refractivity (Wildman–Crippen MR) is 66.3 cm³/mol. The minimum absolute atomic E-state index is 0.340. The Morgan fingerprint density at radius 3 is 2.79 bits per heavy atom. The van der Waals surface area contributed by atoms with Gasteiger partial charge in [-0.15, -0.1) is 0 Å². The second-order valence-corrected chi connectivity index (χ2v) is 4.44. The molecular weight excluding hydrogens is 289 g/mol. The maximum Gasteiger partial charge on any atom is 0.249 e. The molecule has 0 aliphatic carbocycles. The van der Waals surface area contributed by atoms with Gasteiger partial charge in [-0.2, -0.15) is 0 Å². The van der Waals surface area contributed by atoms with Crippen molar-refractivity contribution in [1.29, 1.82) is 0 Å². The zero-order valence-electron chi connectivity index (χ0n) is 8.22. The first-order valence-corrected chi connectivity index (χ1v) is 5.81. The molecule has 0 bridgehead atoms. The van der Waals surface area contributed by atoms with Crippen molar-refractivity contribution in [2.45, 2.75) is 26.2 Å². The van der Waals surface area contributed by atoms with Crippen LogP contribution in [0.15, 0.2) is 18.2 Å². The summed E-state index contributed by atoms with van der Waals surface area (Å²) in [7, 11) is 0. The molecule has 0 unspecified atom stereocenters. The highest BCUT2D eigenvalue weighted by molar-refractivity contribution is 14.1. The quantitative estimate of drug-likeness (QED) is 0.854. The van der Waals surface area contributed by atoms with Crippen LogP contribution in [0.25, 0.3) is 0 Å². The largest absolute Gasteiger partial charge is 0.366 e. The van der Waals surface area contributed by atoms with Crippen LogP contribution in [0.5, 0.6) is 0 Å². The van der Waals surface area contributed by atoms with Crippen molar-refractivity contribution in [3.63, 3.8) is 0 Å². The topological polar surface area (TPSA) is 43.1 Å². The van der Waals surface area contributed by atoms with E-state index in [1.165, 1.54) is 5.56 Å². The molecule has 0 aliphatic rings. The van der Waals surface area contributed by atoms with E-state index in [0.29, 0.717) is 5.56 Å². The summed E-state index contributed by atoms with van der Waals surface area (Å²) < 4.78 is 0.926. The smallest absolute Gasteiger partial charge is 0.249 e. The Balaban J connectivity index is 2.89. The predicted octanol–water partition coefficient (Wildman–Crippen LogP) is 2.73. The van der Waals surface area contributed by atoms with Gasteiger partial charge in [0, 0.05) is 3.57 Å². The van der Waals surface area contributed by atoms with Crippen molar-refractivity contribution >= 4 is 28.5 Å². The van der Waals surface area contributed by atoms with Crippen LogP contribution in [0.2, 0.25) is 0 Å². The molecule has 1 rings (SSSR count). The highest BCUT2D eigenvalue weighted by Gasteiger charge is 2.06. The number of unbranched alkanes of at least 4 members (excludes halogenated alkanes) is 1. The van der Waals surface area contributed by atoms with Gasteiger partial charge in [-0.1, -0.05) is 19.4 Å². The molecule has 76 valence electrons. The van der Waals surface area contributed by atoms with E-state index in [2.05, 4.69) is 35.6 Å². The van der Waals surface area contributed by atoms with Gasteiger partial charge in [0.1, 0.15) is 0 Å². The average molecular weight is 303 g/mol. The molecule has 0 radical (unpaired) electrons. The van der Waals surface area contributed by atoms with Gasteiger partial charge in [0.15, 0.2) is 0 Å². The van der Waals surface area contributed by atoms with E-state index in [-0.39, 0.29) is 5.91 Å². The lowest BCUT2D eigenvalue weighted by Gasteiger charge is -2.04. The third kappa shape index (κ3) is 2.97. The van der Waals surface area contributed by atoms with Crippen LogP contribution in [0.3, 0.4) is 0 Å². The van der Waals surface area contributed by atoms with E-state index < -0.39 is 0 Å². The van der Waals surface area contributed by atoms with Gasteiger partial charge in [0.25, 0.3) is 0 Å². The van der Waals surface area contributed by atoms with Gasteiger partial charge in [0.05, 0.1) is 5.56 Å². The third-order valence-electron chi connectivity index (χ3n) is 2.12. The highest BCUT2D eigenvalue weighted by Crippen LogP contribution is 2.15. The van der Waals surface area contributed by atoms with Crippen molar-refractivity contribution < 1.29 is 4.79 Å². The number of rotatable bonds is 4. The van der Waals surface area contributed by atoms with E-state index in [0.717, 1.165) is 22.8 Å². The normalized spacial score (nSPS) is 10.1. The first kappa shape index (κ1) is 11.5. The van der Waals surface area contributed by atoms with Gasteiger partial charge >= 0.3 is 0 Å². The summed E-state index contributed by atoms with van der Waals surface area (Å²) in [4.78, 5) is 11.1. The Bertz CT molecular complexity index is 336. The molecular formula is C11H14INO. The summed E-state index contributed by atoms with van der Waals surface area (Å²) in [5, 5.41) is 0. The fraction of sp³-hybridized carbons (Fsp3) is 0.364. The molecule has 3 heteroatoms. The Kier molecular flexibility index (Phi) is 4.38. The SMILES string of the molecule is CCCCc1ccc(I)c(C(N)=O)c1. The number of benzene rings is 1. The molecule has 1 aromatic carbocycles. The van der Waals surface area contributed by atoms with Crippen LogP contribution in [0, 0.1) is 3.57 Å². The van der Waals surface area contributed by atoms with E-state index in [1.54, 1.807) is 0 Å². The molecule has 0 heterocycles. The highest BCUT2D eigenvalue weighted by atomic mass is 127. The second kappa shape index (κ2) is 5.34. The minimum Gasteiger partial charge on any atom is -0.366 e. The number of hydrogen-bond acceptors (Lipinski definition) is 1. The monoisotopic (exact) mass is 303 g/mol. The average Bonchev–Trinajstić information content (AvgIpc) is 2.16. The van der Waals surface area contributed by atoms with E-state index in [4.69, 9.17) is 5.73 Å². The molecule has 1 aromatic rings. The molecule has 1 amide bonds. The lowest BCUT2D eigenvalue weighted by atomic mass is 10.1. The number of primary amides is 1. The maximum absolute atomic E-state index is 11.1. The van der Waals surface area contributed by atoms with Gasteiger partial charge in [-0.25, -0.2) is 0 Å². The molecule has 0 aliphatic heterocycles. The van der Waals surface area contributed by atoms with Crippen LogP contribution in [0.1, 0.15) is 35.7 Å². The number of hydrogen-bond donors (Lipinski definition) is 1. The fourth-order valence-electron chi connectivity index (χ4n) is 1.30. The van der Waals surface area contributed by atoms with Gasteiger partial charge in [-0.3, -0.25) is 4.79 Å². The van der Waals surface area contributed by atoms with E-state index in [1.807, 2.05) is 12.1 Å². The Morgan fingerprint density at radius 1 is 1.50 bits per heavy atom. The molecule has 0 aromatic heterocycles. The zero-order chi connectivity index (χ0) is 10.6. The molecule has 2 N–H and O–H groups in total. The molecule has 0 saturated carbocycles. The molecule has 0 spiro atoms. The number of carbonyl (C=O) groups is 1. The van der Waals surface area contributed by atoms with Crippen molar-refractivity contribution in [2.75, 3.05) is 0 Å². The zero-order valence-corrected chi connectivity index (χ0v) is 10.4. The van der Waals surface area contributed by atoms with Crippen molar-refractivity contribution in [3.8, 4) is 0 Å². The maximum atomic E-state index is 11.1. The number of aryl methyl sites for hydroxylation is 1. The van der Waals surface area contributed by atoms with Crippen molar-refractivity contribution in [1.82, 2.24) is 0 Å². The van der Waals surface area contributed by atoms with Gasteiger partial charge < -0.3 is 5.73 Å². The summed E-state index contributed by atoms with van der Waals surface area (Å²) in [5.74, 6) is -0.340. The number of nitrogens with two attached hydrogens (primary N) is 1. The Labute approximate surface area is 98.0 Å².